The van der Waals surface area contributed by atoms with E-state index in [9.17, 15) is 23.1 Å². The minimum absolute atomic E-state index is 0.0444. The Labute approximate surface area is 101 Å². The molecule has 0 heterocycles. The van der Waals surface area contributed by atoms with Gasteiger partial charge < -0.3 is 10.8 Å². The van der Waals surface area contributed by atoms with Crippen molar-refractivity contribution in [2.45, 2.75) is 30.9 Å². The number of halogens is 3. The van der Waals surface area contributed by atoms with Crippen LogP contribution >= 0.6 is 0 Å². The smallest absolute Gasteiger partial charge is 0.185 e. The van der Waals surface area contributed by atoms with E-state index in [2.05, 4.69) is 0 Å². The molecule has 1 aromatic rings. The number of carbonyl (C=O) groups excluding carboxylic acids is 1. The minimum atomic E-state index is -1.87. The molecule has 3 nitrogen and oxygen atoms in total. The number of benzene rings is 1. The molecule has 1 aliphatic rings. The number of aliphatic hydroxyl groups is 1. The van der Waals surface area contributed by atoms with E-state index < -0.39 is 40.4 Å². The second-order valence-electron chi connectivity index (χ2n) is 4.49. The molecule has 1 aromatic carbocycles. The van der Waals surface area contributed by atoms with Crippen molar-refractivity contribution < 1.29 is 23.1 Å². The van der Waals surface area contributed by atoms with Crippen LogP contribution in [0.3, 0.4) is 0 Å². The predicted molar refractivity (Wildman–Crippen MR) is 57.0 cm³/mol. The summed E-state index contributed by atoms with van der Waals surface area (Å²) in [4.78, 5) is 11.8. The Morgan fingerprint density at radius 3 is 2.67 bits per heavy atom. The van der Waals surface area contributed by atoms with Gasteiger partial charge in [0.1, 0.15) is 17.5 Å². The van der Waals surface area contributed by atoms with E-state index in [1.54, 1.807) is 0 Å². The van der Waals surface area contributed by atoms with Crippen LogP contribution in [0.15, 0.2) is 12.1 Å². The van der Waals surface area contributed by atoms with E-state index in [4.69, 9.17) is 5.73 Å². The highest BCUT2D eigenvalue weighted by molar-refractivity contribution is 5.93. The van der Waals surface area contributed by atoms with Crippen LogP contribution in [0.4, 0.5) is 13.2 Å². The number of Topliss-reactive ketones (excluding diaryl/α,β-unsaturated/α-hetero) is 1. The van der Waals surface area contributed by atoms with Crippen molar-refractivity contribution in [3.63, 3.8) is 0 Å². The van der Waals surface area contributed by atoms with E-state index >= 15 is 0 Å². The summed E-state index contributed by atoms with van der Waals surface area (Å²) in [5.41, 5.74) is 3.36. The van der Waals surface area contributed by atoms with Gasteiger partial charge in [0.2, 0.25) is 0 Å². The quantitative estimate of drug-likeness (QED) is 0.749. The number of ketones is 1. The van der Waals surface area contributed by atoms with Crippen LogP contribution in [0.2, 0.25) is 0 Å². The Morgan fingerprint density at radius 1 is 1.33 bits per heavy atom. The molecule has 6 heteroatoms. The molecule has 2 unspecified atom stereocenters. The van der Waals surface area contributed by atoms with Crippen molar-refractivity contribution in [1.82, 2.24) is 0 Å². The molecule has 1 saturated carbocycles. The molecule has 0 aliphatic heterocycles. The molecule has 0 radical (unpaired) electrons. The average Bonchev–Trinajstić information content (AvgIpc) is 2.30. The highest BCUT2D eigenvalue weighted by atomic mass is 19.2. The molecule has 98 valence electrons. The topological polar surface area (TPSA) is 63.3 Å². The second kappa shape index (κ2) is 4.37. The standard InChI is InChI=1S/C12H12F3NO2/c13-6-4-7(10(15)8(14)5-6)12(16)3-1-2-9(17)11(12)18/h4-5,9,17H,1-3,16H2. The van der Waals surface area contributed by atoms with Gasteiger partial charge in [-0.1, -0.05) is 0 Å². The largest absolute Gasteiger partial charge is 0.385 e. The Balaban J connectivity index is 2.56. The van der Waals surface area contributed by atoms with Gasteiger partial charge in [0, 0.05) is 11.6 Å². The average molecular weight is 259 g/mol. The Bertz CT molecular complexity index is 506. The summed E-state index contributed by atoms with van der Waals surface area (Å²) < 4.78 is 39.9. The van der Waals surface area contributed by atoms with E-state index in [0.29, 0.717) is 18.6 Å². The van der Waals surface area contributed by atoms with Gasteiger partial charge in [-0.15, -0.1) is 0 Å². The molecule has 0 bridgehead atoms. The van der Waals surface area contributed by atoms with Crippen molar-refractivity contribution >= 4 is 5.78 Å². The molecule has 0 aromatic heterocycles. The first-order valence-corrected chi connectivity index (χ1v) is 5.52. The lowest BCUT2D eigenvalue weighted by molar-refractivity contribution is -0.136. The lowest BCUT2D eigenvalue weighted by Crippen LogP contribution is -2.53. The van der Waals surface area contributed by atoms with E-state index in [0.717, 1.165) is 0 Å². The van der Waals surface area contributed by atoms with Gasteiger partial charge in [0.25, 0.3) is 0 Å². The zero-order valence-electron chi connectivity index (χ0n) is 9.42. The number of aliphatic hydroxyl groups excluding tert-OH is 1. The van der Waals surface area contributed by atoms with Gasteiger partial charge in [0.15, 0.2) is 17.4 Å². The first-order valence-electron chi connectivity index (χ1n) is 5.52. The van der Waals surface area contributed by atoms with Crippen LogP contribution in [0.25, 0.3) is 0 Å². The fourth-order valence-corrected chi connectivity index (χ4v) is 2.27. The van der Waals surface area contributed by atoms with E-state index in [1.165, 1.54) is 0 Å². The van der Waals surface area contributed by atoms with Gasteiger partial charge in [-0.2, -0.15) is 0 Å². The number of hydrogen-bond donors (Lipinski definition) is 2. The van der Waals surface area contributed by atoms with E-state index in [1.807, 2.05) is 0 Å². The molecule has 3 N–H and O–H groups in total. The first kappa shape index (κ1) is 13.0. The zero-order chi connectivity index (χ0) is 13.5. The predicted octanol–water partition coefficient (Wildman–Crippen LogP) is 1.37. The van der Waals surface area contributed by atoms with Crippen LogP contribution in [0.5, 0.6) is 0 Å². The maximum absolute atomic E-state index is 13.7. The van der Waals surface area contributed by atoms with Crippen LogP contribution < -0.4 is 5.73 Å². The van der Waals surface area contributed by atoms with Gasteiger partial charge in [-0.3, -0.25) is 4.79 Å². The number of rotatable bonds is 1. The summed E-state index contributed by atoms with van der Waals surface area (Å²) in [6, 6.07) is 1.08. The van der Waals surface area contributed by atoms with Crippen molar-refractivity contribution in [3.05, 3.63) is 35.1 Å². The van der Waals surface area contributed by atoms with Gasteiger partial charge in [-0.25, -0.2) is 13.2 Å². The fraction of sp³-hybridized carbons (Fsp3) is 0.417. The van der Waals surface area contributed by atoms with Gasteiger partial charge in [0.05, 0.1) is 0 Å². The lowest BCUT2D eigenvalue weighted by Gasteiger charge is -2.34. The third kappa shape index (κ3) is 1.91. The number of nitrogens with two attached hydrogens (primary N) is 1. The van der Waals surface area contributed by atoms with E-state index in [-0.39, 0.29) is 12.8 Å². The second-order valence-corrected chi connectivity index (χ2v) is 4.49. The molecule has 2 atom stereocenters. The molecule has 0 amide bonds. The van der Waals surface area contributed by atoms with Crippen molar-refractivity contribution in [2.75, 3.05) is 0 Å². The van der Waals surface area contributed by atoms with Crippen LogP contribution in [-0.4, -0.2) is 17.0 Å². The van der Waals surface area contributed by atoms with Gasteiger partial charge >= 0.3 is 0 Å². The summed E-state index contributed by atoms with van der Waals surface area (Å²) >= 11 is 0. The van der Waals surface area contributed by atoms with Crippen molar-refractivity contribution in [1.29, 1.82) is 0 Å². The zero-order valence-corrected chi connectivity index (χ0v) is 9.42. The third-order valence-corrected chi connectivity index (χ3v) is 3.26. The summed E-state index contributed by atoms with van der Waals surface area (Å²) in [6.45, 7) is 0. The SMILES string of the molecule is NC1(c2cc(F)cc(F)c2F)CCCC(O)C1=O. The molecule has 0 saturated heterocycles. The molecule has 1 aliphatic carbocycles. The molecule has 1 fully saturated rings. The molecular formula is C12H12F3NO2. The molecular weight excluding hydrogens is 247 g/mol. The highest BCUT2D eigenvalue weighted by Crippen LogP contribution is 2.34. The van der Waals surface area contributed by atoms with Crippen molar-refractivity contribution in [2.24, 2.45) is 5.73 Å². The van der Waals surface area contributed by atoms with Gasteiger partial charge in [-0.05, 0) is 25.3 Å². The normalized spacial score (nSPS) is 28.5. The molecule has 0 spiro atoms. The lowest BCUT2D eigenvalue weighted by atomic mass is 9.75. The monoisotopic (exact) mass is 259 g/mol. The maximum Gasteiger partial charge on any atom is 0.185 e. The Kier molecular flexibility index (Phi) is 3.16. The number of hydrogen-bond acceptors (Lipinski definition) is 3. The first-order chi connectivity index (χ1) is 8.36. The Morgan fingerprint density at radius 2 is 2.00 bits per heavy atom. The maximum atomic E-state index is 13.7. The third-order valence-electron chi connectivity index (χ3n) is 3.26. The summed E-state index contributed by atoms with van der Waals surface area (Å²) in [5, 5.41) is 9.46. The molecule has 18 heavy (non-hydrogen) atoms. The Hall–Kier alpha value is -1.40. The summed E-state index contributed by atoms with van der Waals surface area (Å²) in [6.07, 6.45) is -0.685. The highest BCUT2D eigenvalue weighted by Gasteiger charge is 2.44. The molecule has 2 rings (SSSR count). The van der Waals surface area contributed by atoms with Crippen LogP contribution in [-0.2, 0) is 10.3 Å². The summed E-state index contributed by atoms with van der Waals surface area (Å²) in [5.74, 6) is -4.57. The van der Waals surface area contributed by atoms with Crippen LogP contribution in [0.1, 0.15) is 24.8 Å². The van der Waals surface area contributed by atoms with Crippen molar-refractivity contribution in [3.8, 4) is 0 Å². The summed E-state index contributed by atoms with van der Waals surface area (Å²) in [7, 11) is 0. The minimum Gasteiger partial charge on any atom is -0.385 e. The number of carbonyl (C=O) groups is 1. The van der Waals surface area contributed by atoms with Crippen LogP contribution in [0, 0.1) is 17.5 Å². The fourth-order valence-electron chi connectivity index (χ4n) is 2.27.